The molecule has 0 amide bonds. The lowest BCUT2D eigenvalue weighted by atomic mass is 10.0. The highest BCUT2D eigenvalue weighted by Crippen LogP contribution is 2.38. The SMILES string of the molecule is CC(=O)OC/C=C(\C)CC/C=C(\C)C(C/C=C(\C)CC/C=C(\C)CCC1OC1(C)C)OC(C)=O. The molecule has 5 nitrogen and oxygen atoms in total. The van der Waals surface area contributed by atoms with Crippen LogP contribution < -0.4 is 0 Å². The van der Waals surface area contributed by atoms with E-state index in [0.717, 1.165) is 44.1 Å². The summed E-state index contributed by atoms with van der Waals surface area (Å²) in [5.41, 5.74) is 5.04. The second kappa shape index (κ2) is 15.0. The average Bonchev–Trinajstić information content (AvgIpc) is 3.35. The maximum absolute atomic E-state index is 11.6. The molecule has 5 heteroatoms. The van der Waals surface area contributed by atoms with E-state index in [-0.39, 0.29) is 23.6 Å². The summed E-state index contributed by atoms with van der Waals surface area (Å²) in [5, 5.41) is 0. The van der Waals surface area contributed by atoms with Gasteiger partial charge in [-0.15, -0.1) is 0 Å². The first kappa shape index (κ1) is 29.9. The molecule has 1 fully saturated rings. The summed E-state index contributed by atoms with van der Waals surface area (Å²) in [5.74, 6) is -0.533. The van der Waals surface area contributed by atoms with Crippen LogP contribution in [0.5, 0.6) is 0 Å². The number of hydrogen-bond acceptors (Lipinski definition) is 5. The number of carbonyl (C=O) groups is 2. The fourth-order valence-corrected chi connectivity index (χ4v) is 3.75. The molecule has 0 bridgehead atoms. The van der Waals surface area contributed by atoms with Gasteiger partial charge in [0.2, 0.25) is 0 Å². The fourth-order valence-electron chi connectivity index (χ4n) is 3.75. The van der Waals surface area contributed by atoms with Crippen molar-refractivity contribution in [2.45, 2.75) is 118 Å². The Labute approximate surface area is 207 Å². The molecule has 0 saturated carbocycles. The molecule has 1 aliphatic heterocycles. The maximum atomic E-state index is 11.6. The lowest BCUT2D eigenvalue weighted by Gasteiger charge is -2.17. The van der Waals surface area contributed by atoms with Gasteiger partial charge in [0.1, 0.15) is 12.7 Å². The molecule has 0 aromatic rings. The molecule has 192 valence electrons. The Morgan fingerprint density at radius 1 is 0.824 bits per heavy atom. The molecule has 2 atom stereocenters. The number of allylic oxidation sites excluding steroid dienone is 5. The Balaban J connectivity index is 2.49. The Morgan fingerprint density at radius 3 is 1.94 bits per heavy atom. The van der Waals surface area contributed by atoms with Crippen molar-refractivity contribution < 1.29 is 23.8 Å². The molecular weight excluding hydrogens is 428 g/mol. The van der Waals surface area contributed by atoms with Crippen LogP contribution in [-0.4, -0.2) is 36.4 Å². The van der Waals surface area contributed by atoms with Crippen LogP contribution in [0.3, 0.4) is 0 Å². The van der Waals surface area contributed by atoms with Crippen LogP contribution in [0.2, 0.25) is 0 Å². The number of esters is 2. The van der Waals surface area contributed by atoms with Gasteiger partial charge in [-0.05, 0) is 91.7 Å². The Kier molecular flexibility index (Phi) is 13.2. The van der Waals surface area contributed by atoms with E-state index in [1.165, 1.54) is 30.6 Å². The van der Waals surface area contributed by atoms with Gasteiger partial charge in [0.05, 0.1) is 11.7 Å². The highest BCUT2D eigenvalue weighted by molar-refractivity contribution is 5.66. The summed E-state index contributed by atoms with van der Waals surface area (Å²) < 4.78 is 16.2. The van der Waals surface area contributed by atoms with Crippen LogP contribution in [0.15, 0.2) is 46.6 Å². The van der Waals surface area contributed by atoms with Crippen LogP contribution in [0.25, 0.3) is 0 Å². The van der Waals surface area contributed by atoms with Gasteiger partial charge in [-0.2, -0.15) is 0 Å². The third kappa shape index (κ3) is 13.5. The summed E-state index contributed by atoms with van der Waals surface area (Å²) in [7, 11) is 0. The van der Waals surface area contributed by atoms with Crippen molar-refractivity contribution in [2.75, 3.05) is 6.61 Å². The average molecular weight is 475 g/mol. The molecule has 0 aliphatic carbocycles. The molecule has 2 unspecified atom stereocenters. The summed E-state index contributed by atoms with van der Waals surface area (Å²) in [6.07, 6.45) is 15.4. The van der Waals surface area contributed by atoms with Crippen LogP contribution in [0.4, 0.5) is 0 Å². The van der Waals surface area contributed by atoms with Crippen LogP contribution >= 0.6 is 0 Å². The Morgan fingerprint density at radius 2 is 1.38 bits per heavy atom. The third-order valence-corrected chi connectivity index (χ3v) is 6.22. The number of epoxide rings is 1. The van der Waals surface area contributed by atoms with E-state index < -0.39 is 0 Å². The van der Waals surface area contributed by atoms with E-state index >= 15 is 0 Å². The van der Waals surface area contributed by atoms with Gasteiger partial charge in [-0.3, -0.25) is 9.59 Å². The Bertz CT molecular complexity index is 797. The molecule has 1 saturated heterocycles. The zero-order valence-electron chi connectivity index (χ0n) is 22.7. The van der Waals surface area contributed by atoms with Crippen molar-refractivity contribution in [3.8, 4) is 0 Å². The number of carbonyl (C=O) groups excluding carboxylic acids is 2. The van der Waals surface area contributed by atoms with E-state index in [1.54, 1.807) is 0 Å². The summed E-state index contributed by atoms with van der Waals surface area (Å²) in [6.45, 7) is 15.9. The molecular formula is C29H46O5. The predicted octanol–water partition coefficient (Wildman–Crippen LogP) is 7.17. The monoisotopic (exact) mass is 474 g/mol. The minimum absolute atomic E-state index is 0.0748. The largest absolute Gasteiger partial charge is 0.462 e. The first-order valence-electron chi connectivity index (χ1n) is 12.5. The van der Waals surface area contributed by atoms with Gasteiger partial charge in [-0.1, -0.05) is 34.9 Å². The van der Waals surface area contributed by atoms with Crippen molar-refractivity contribution in [3.05, 3.63) is 46.6 Å². The molecule has 0 N–H and O–H groups in total. The smallest absolute Gasteiger partial charge is 0.303 e. The second-order valence-electron chi connectivity index (χ2n) is 10.1. The van der Waals surface area contributed by atoms with E-state index in [2.05, 4.69) is 45.9 Å². The van der Waals surface area contributed by atoms with Crippen molar-refractivity contribution in [3.63, 3.8) is 0 Å². The number of ether oxygens (including phenoxy) is 3. The molecule has 1 heterocycles. The quantitative estimate of drug-likeness (QED) is 0.143. The van der Waals surface area contributed by atoms with Crippen molar-refractivity contribution in [2.24, 2.45) is 0 Å². The molecule has 0 spiro atoms. The van der Waals surface area contributed by atoms with E-state index in [0.29, 0.717) is 19.1 Å². The van der Waals surface area contributed by atoms with Gasteiger partial charge >= 0.3 is 11.9 Å². The normalized spacial score (nSPS) is 19.6. The highest BCUT2D eigenvalue weighted by Gasteiger charge is 2.46. The van der Waals surface area contributed by atoms with Crippen LogP contribution in [0.1, 0.15) is 100 Å². The van der Waals surface area contributed by atoms with Crippen molar-refractivity contribution in [1.82, 2.24) is 0 Å². The minimum atomic E-state index is -0.272. The van der Waals surface area contributed by atoms with Crippen LogP contribution in [0, 0.1) is 0 Å². The Hall–Kier alpha value is -2.14. The molecule has 0 aromatic heterocycles. The van der Waals surface area contributed by atoms with Crippen molar-refractivity contribution >= 4 is 11.9 Å². The van der Waals surface area contributed by atoms with E-state index in [9.17, 15) is 9.59 Å². The van der Waals surface area contributed by atoms with Gasteiger partial charge in [0.15, 0.2) is 0 Å². The number of rotatable bonds is 15. The fraction of sp³-hybridized carbons (Fsp3) is 0.655. The minimum Gasteiger partial charge on any atom is -0.462 e. The number of hydrogen-bond donors (Lipinski definition) is 0. The van der Waals surface area contributed by atoms with Gasteiger partial charge in [0.25, 0.3) is 0 Å². The van der Waals surface area contributed by atoms with E-state index in [1.807, 2.05) is 19.9 Å². The first-order chi connectivity index (χ1) is 15.9. The molecule has 0 radical (unpaired) electrons. The maximum Gasteiger partial charge on any atom is 0.303 e. The topological polar surface area (TPSA) is 65.1 Å². The molecule has 1 aliphatic rings. The summed E-state index contributed by atoms with van der Waals surface area (Å²) in [4.78, 5) is 22.5. The van der Waals surface area contributed by atoms with Gasteiger partial charge < -0.3 is 14.2 Å². The van der Waals surface area contributed by atoms with Gasteiger partial charge in [0, 0.05) is 20.3 Å². The third-order valence-electron chi connectivity index (χ3n) is 6.22. The van der Waals surface area contributed by atoms with E-state index in [4.69, 9.17) is 14.2 Å². The standard InChI is InChI=1S/C29H46O5/c1-21(11-9-12-22(2)16-18-28-29(7,8)34-28)15-17-27(33-26(6)31)24(4)14-10-13-23(3)19-20-32-25(5)30/h12,14-15,19,27-28H,9-11,13,16-18,20H2,1-8H3/b21-15+,22-12+,23-19+,24-14+. The second-order valence-corrected chi connectivity index (χ2v) is 10.1. The van der Waals surface area contributed by atoms with Gasteiger partial charge in [-0.25, -0.2) is 0 Å². The van der Waals surface area contributed by atoms with Crippen molar-refractivity contribution in [1.29, 1.82) is 0 Å². The predicted molar refractivity (Wildman–Crippen MR) is 138 cm³/mol. The first-order valence-corrected chi connectivity index (χ1v) is 12.5. The van der Waals surface area contributed by atoms with Crippen LogP contribution in [-0.2, 0) is 23.8 Å². The summed E-state index contributed by atoms with van der Waals surface area (Å²) >= 11 is 0. The lowest BCUT2D eigenvalue weighted by molar-refractivity contribution is -0.144. The zero-order chi connectivity index (χ0) is 25.7. The highest BCUT2D eigenvalue weighted by atomic mass is 16.6. The lowest BCUT2D eigenvalue weighted by Crippen LogP contribution is -2.17. The molecule has 34 heavy (non-hydrogen) atoms. The summed E-state index contributed by atoms with van der Waals surface area (Å²) in [6, 6.07) is 0. The zero-order valence-corrected chi connectivity index (χ0v) is 22.7. The molecule has 1 rings (SSSR count). The molecule has 0 aromatic carbocycles.